The number of carbonyl (C=O) groups is 1. The molecule has 0 aliphatic rings. The predicted molar refractivity (Wildman–Crippen MR) is 176 cm³/mol. The molecular weight excluding hydrogens is 628 g/mol. The Hall–Kier alpha value is -4.64. The fourth-order valence-electron chi connectivity index (χ4n) is 4.56. The summed E-state index contributed by atoms with van der Waals surface area (Å²) in [6.45, 7) is 2.36. The second kappa shape index (κ2) is 15.6. The van der Waals surface area contributed by atoms with Crippen LogP contribution in [-0.4, -0.2) is 39.1 Å². The SMILES string of the molecule is CCOC(=O)COc1ccc(CCNS(=O)(=O)c2ccc(Cl)cc2)c(OCc2cccc(OCc3ccc4ccccc4n3)c2)c1. The lowest BCUT2D eigenvalue weighted by Gasteiger charge is -2.15. The van der Waals surface area contributed by atoms with Crippen molar-refractivity contribution in [3.63, 3.8) is 0 Å². The summed E-state index contributed by atoms with van der Waals surface area (Å²) in [5.74, 6) is 1.08. The third-order valence-electron chi connectivity index (χ3n) is 6.85. The minimum atomic E-state index is -3.73. The summed E-state index contributed by atoms with van der Waals surface area (Å²) >= 11 is 5.90. The average Bonchev–Trinajstić information content (AvgIpc) is 3.06. The van der Waals surface area contributed by atoms with Gasteiger partial charge in [-0.05, 0) is 79.1 Å². The Bertz CT molecular complexity index is 1900. The zero-order valence-corrected chi connectivity index (χ0v) is 26.7. The van der Waals surface area contributed by atoms with Gasteiger partial charge in [0, 0.05) is 23.0 Å². The first-order valence-corrected chi connectivity index (χ1v) is 16.5. The molecule has 0 spiro atoms. The number of carbonyl (C=O) groups excluding carboxylic acids is 1. The van der Waals surface area contributed by atoms with Crippen LogP contribution in [0.25, 0.3) is 10.9 Å². The number of benzene rings is 4. The number of fused-ring (bicyclic) bond motifs is 1. The van der Waals surface area contributed by atoms with Gasteiger partial charge in [-0.15, -0.1) is 0 Å². The number of rotatable bonds is 15. The molecule has 0 unspecified atom stereocenters. The summed E-state index contributed by atoms with van der Waals surface area (Å²) in [5.41, 5.74) is 3.33. The second-order valence-electron chi connectivity index (χ2n) is 10.2. The van der Waals surface area contributed by atoms with Crippen LogP contribution in [0.2, 0.25) is 5.02 Å². The summed E-state index contributed by atoms with van der Waals surface area (Å²) in [4.78, 5) is 16.6. The quantitative estimate of drug-likeness (QED) is 0.127. The van der Waals surface area contributed by atoms with Crippen molar-refractivity contribution < 1.29 is 32.2 Å². The van der Waals surface area contributed by atoms with Gasteiger partial charge < -0.3 is 18.9 Å². The van der Waals surface area contributed by atoms with Crippen LogP contribution in [0.5, 0.6) is 17.2 Å². The molecule has 46 heavy (non-hydrogen) atoms. The maximum Gasteiger partial charge on any atom is 0.344 e. The molecule has 0 aliphatic carbocycles. The molecule has 4 aromatic carbocycles. The van der Waals surface area contributed by atoms with Gasteiger partial charge in [0.1, 0.15) is 30.5 Å². The van der Waals surface area contributed by atoms with E-state index in [-0.39, 0.29) is 31.3 Å². The van der Waals surface area contributed by atoms with Crippen molar-refractivity contribution in [2.24, 2.45) is 0 Å². The highest BCUT2D eigenvalue weighted by Crippen LogP contribution is 2.27. The van der Waals surface area contributed by atoms with Gasteiger partial charge in [-0.2, -0.15) is 0 Å². The van der Waals surface area contributed by atoms with Crippen molar-refractivity contribution in [2.75, 3.05) is 19.8 Å². The lowest BCUT2D eigenvalue weighted by Crippen LogP contribution is -2.26. The first-order valence-electron chi connectivity index (χ1n) is 14.6. The predicted octanol–water partition coefficient (Wildman–Crippen LogP) is 6.51. The third-order valence-corrected chi connectivity index (χ3v) is 8.58. The molecule has 5 aromatic rings. The monoisotopic (exact) mass is 660 g/mol. The number of nitrogens with zero attached hydrogens (tertiary/aromatic N) is 1. The van der Waals surface area contributed by atoms with E-state index in [4.69, 9.17) is 30.5 Å². The molecule has 0 saturated heterocycles. The van der Waals surface area contributed by atoms with E-state index in [9.17, 15) is 13.2 Å². The minimum Gasteiger partial charge on any atom is -0.488 e. The Morgan fingerprint density at radius 1 is 0.826 bits per heavy atom. The van der Waals surface area contributed by atoms with Crippen LogP contribution in [0, 0.1) is 0 Å². The summed E-state index contributed by atoms with van der Waals surface area (Å²) in [6, 6.07) is 30.6. The maximum absolute atomic E-state index is 12.8. The Labute approximate surface area is 273 Å². The Kier molecular flexibility index (Phi) is 11.1. The lowest BCUT2D eigenvalue weighted by atomic mass is 10.1. The molecular formula is C35H33ClN2O7S. The molecule has 9 nitrogen and oxygen atoms in total. The fraction of sp³-hybridized carbons (Fsp3) is 0.200. The number of hydrogen-bond acceptors (Lipinski definition) is 8. The summed E-state index contributed by atoms with van der Waals surface area (Å²) in [5, 5.41) is 1.52. The highest BCUT2D eigenvalue weighted by molar-refractivity contribution is 7.89. The number of para-hydroxylation sites is 1. The average molecular weight is 661 g/mol. The van der Waals surface area contributed by atoms with Gasteiger partial charge in [-0.25, -0.2) is 22.9 Å². The molecule has 1 aromatic heterocycles. The molecule has 238 valence electrons. The molecule has 0 radical (unpaired) electrons. The molecule has 0 amide bonds. The van der Waals surface area contributed by atoms with E-state index < -0.39 is 16.0 Å². The van der Waals surface area contributed by atoms with E-state index >= 15 is 0 Å². The van der Waals surface area contributed by atoms with E-state index in [0.717, 1.165) is 27.7 Å². The normalized spacial score (nSPS) is 11.3. The zero-order valence-electron chi connectivity index (χ0n) is 25.1. The van der Waals surface area contributed by atoms with E-state index in [0.29, 0.717) is 35.3 Å². The van der Waals surface area contributed by atoms with Crippen LogP contribution in [0.3, 0.4) is 0 Å². The molecule has 0 bridgehead atoms. The smallest absolute Gasteiger partial charge is 0.344 e. The number of sulfonamides is 1. The van der Waals surface area contributed by atoms with Crippen molar-refractivity contribution >= 4 is 38.5 Å². The van der Waals surface area contributed by atoms with E-state index in [1.54, 1.807) is 25.1 Å². The van der Waals surface area contributed by atoms with Gasteiger partial charge in [0.05, 0.1) is 22.7 Å². The Morgan fingerprint density at radius 3 is 2.46 bits per heavy atom. The fourth-order valence-corrected chi connectivity index (χ4v) is 5.72. The summed E-state index contributed by atoms with van der Waals surface area (Å²) < 4.78 is 50.9. The van der Waals surface area contributed by atoms with Crippen LogP contribution < -0.4 is 18.9 Å². The van der Waals surface area contributed by atoms with Crippen molar-refractivity contribution in [1.82, 2.24) is 9.71 Å². The van der Waals surface area contributed by atoms with E-state index in [1.807, 2.05) is 60.7 Å². The number of nitrogens with one attached hydrogen (secondary N) is 1. The minimum absolute atomic E-state index is 0.120. The van der Waals surface area contributed by atoms with Gasteiger partial charge in [0.25, 0.3) is 0 Å². The standard InChI is InChI=1S/C35H33ClN2O7S/c1-2-42-35(39)24-44-31-15-11-27(18-19-37-46(40,41)32-16-12-28(36)13-17-32)34(21-31)45-22-25-6-5-8-30(20-25)43-23-29-14-10-26-7-3-4-9-33(26)38-29/h3-17,20-21,37H,2,18-19,22-24H2,1H3. The largest absolute Gasteiger partial charge is 0.488 e. The molecule has 0 saturated carbocycles. The van der Waals surface area contributed by atoms with Crippen LogP contribution in [0.4, 0.5) is 0 Å². The van der Waals surface area contributed by atoms with Gasteiger partial charge in [-0.1, -0.05) is 54.1 Å². The molecule has 0 atom stereocenters. The van der Waals surface area contributed by atoms with Crippen molar-refractivity contribution in [3.8, 4) is 17.2 Å². The highest BCUT2D eigenvalue weighted by Gasteiger charge is 2.15. The molecule has 0 aliphatic heterocycles. The number of ether oxygens (including phenoxy) is 4. The number of aromatic nitrogens is 1. The van der Waals surface area contributed by atoms with Crippen LogP contribution in [0.1, 0.15) is 23.7 Å². The molecule has 1 heterocycles. The Balaban J connectivity index is 1.25. The number of halogens is 1. The van der Waals surface area contributed by atoms with Crippen LogP contribution in [-0.2, 0) is 39.2 Å². The van der Waals surface area contributed by atoms with E-state index in [1.165, 1.54) is 24.3 Å². The topological polar surface area (TPSA) is 113 Å². The highest BCUT2D eigenvalue weighted by atomic mass is 35.5. The van der Waals surface area contributed by atoms with Gasteiger partial charge >= 0.3 is 5.97 Å². The summed E-state index contributed by atoms with van der Waals surface area (Å²) in [7, 11) is -3.73. The van der Waals surface area contributed by atoms with E-state index in [2.05, 4.69) is 9.71 Å². The van der Waals surface area contributed by atoms with Gasteiger partial charge in [-0.3, -0.25) is 0 Å². The number of pyridine rings is 1. The lowest BCUT2D eigenvalue weighted by molar-refractivity contribution is -0.145. The van der Waals surface area contributed by atoms with Crippen molar-refractivity contribution in [1.29, 1.82) is 0 Å². The molecule has 5 rings (SSSR count). The molecule has 1 N–H and O–H groups in total. The number of hydrogen-bond donors (Lipinski definition) is 1. The first-order chi connectivity index (χ1) is 22.3. The van der Waals surface area contributed by atoms with Gasteiger partial charge in [0.2, 0.25) is 10.0 Å². The van der Waals surface area contributed by atoms with Crippen LogP contribution >= 0.6 is 11.6 Å². The third kappa shape index (κ3) is 9.20. The van der Waals surface area contributed by atoms with Crippen molar-refractivity contribution in [2.45, 2.75) is 31.5 Å². The van der Waals surface area contributed by atoms with Crippen molar-refractivity contribution in [3.05, 3.63) is 125 Å². The maximum atomic E-state index is 12.8. The molecule has 11 heteroatoms. The first kappa shape index (κ1) is 32.7. The van der Waals surface area contributed by atoms with Gasteiger partial charge in [0.15, 0.2) is 6.61 Å². The summed E-state index contributed by atoms with van der Waals surface area (Å²) in [6.07, 6.45) is 0.336. The molecule has 0 fully saturated rings. The Morgan fingerprint density at radius 2 is 1.63 bits per heavy atom. The zero-order chi connectivity index (χ0) is 32.4. The number of esters is 1. The second-order valence-corrected chi connectivity index (χ2v) is 12.4. The van der Waals surface area contributed by atoms with Crippen LogP contribution in [0.15, 0.2) is 108 Å².